The van der Waals surface area contributed by atoms with Gasteiger partial charge in [0.1, 0.15) is 11.9 Å². The van der Waals surface area contributed by atoms with Gasteiger partial charge in [-0.1, -0.05) is 6.07 Å². The van der Waals surface area contributed by atoms with E-state index >= 15 is 0 Å². The number of aryl methyl sites for hydroxylation is 1. The van der Waals surface area contributed by atoms with E-state index in [0.717, 1.165) is 6.07 Å². The average Bonchev–Trinajstić information content (AvgIpc) is 2.40. The molecule has 0 saturated carbocycles. The largest absolute Gasteiger partial charge is 0.353 e. The van der Waals surface area contributed by atoms with Crippen LogP contribution in [0.15, 0.2) is 30.3 Å². The number of halogens is 3. The summed E-state index contributed by atoms with van der Waals surface area (Å²) in [7, 11) is 0. The van der Waals surface area contributed by atoms with Gasteiger partial charge in [0.05, 0.1) is 11.3 Å². The normalized spacial score (nSPS) is 10.1. The smallest absolute Gasteiger partial charge is 0.183 e. The van der Waals surface area contributed by atoms with E-state index in [1.807, 2.05) is 0 Å². The van der Waals surface area contributed by atoms with Crippen LogP contribution in [0.5, 0.6) is 0 Å². The Morgan fingerprint density at radius 1 is 1.05 bits per heavy atom. The predicted octanol–water partition coefficient (Wildman–Crippen LogP) is 4.03. The van der Waals surface area contributed by atoms with Crippen molar-refractivity contribution >= 4 is 11.4 Å². The van der Waals surface area contributed by atoms with Gasteiger partial charge in [0.2, 0.25) is 0 Å². The van der Waals surface area contributed by atoms with E-state index in [-0.39, 0.29) is 11.3 Å². The fraction of sp³-hybridized carbons (Fsp3) is 0.0714. The summed E-state index contributed by atoms with van der Waals surface area (Å²) in [6, 6.07) is 8.19. The van der Waals surface area contributed by atoms with Crippen molar-refractivity contribution in [2.75, 3.05) is 5.32 Å². The highest BCUT2D eigenvalue weighted by Gasteiger charge is 2.13. The maximum absolute atomic E-state index is 13.6. The van der Waals surface area contributed by atoms with Gasteiger partial charge in [0.15, 0.2) is 11.6 Å². The maximum Gasteiger partial charge on any atom is 0.183 e. The molecule has 19 heavy (non-hydrogen) atoms. The molecule has 0 spiro atoms. The van der Waals surface area contributed by atoms with E-state index < -0.39 is 17.5 Å². The van der Waals surface area contributed by atoms with Crippen LogP contribution >= 0.6 is 0 Å². The van der Waals surface area contributed by atoms with Crippen LogP contribution in [-0.2, 0) is 0 Å². The zero-order valence-corrected chi connectivity index (χ0v) is 9.97. The summed E-state index contributed by atoms with van der Waals surface area (Å²) in [5.41, 5.74) is 0.223. The van der Waals surface area contributed by atoms with E-state index in [1.54, 1.807) is 19.1 Å². The summed E-state index contributed by atoms with van der Waals surface area (Å²) in [6.45, 7) is 1.60. The number of anilines is 2. The molecule has 0 aromatic heterocycles. The Hall–Kier alpha value is -2.48. The Bertz CT molecular complexity index is 675. The van der Waals surface area contributed by atoms with Crippen LogP contribution in [0.2, 0.25) is 0 Å². The Labute approximate surface area is 108 Å². The van der Waals surface area contributed by atoms with Gasteiger partial charge < -0.3 is 5.32 Å². The van der Waals surface area contributed by atoms with Gasteiger partial charge in [-0.3, -0.25) is 0 Å². The SMILES string of the molecule is Cc1ccc(Nc2ccc(C#N)c(F)c2F)cc1F. The number of benzene rings is 2. The molecular weight excluding hydrogens is 253 g/mol. The first kappa shape index (κ1) is 13.0. The molecule has 0 atom stereocenters. The van der Waals surface area contributed by atoms with Crippen molar-refractivity contribution in [2.45, 2.75) is 6.92 Å². The van der Waals surface area contributed by atoms with Crippen LogP contribution in [0, 0.1) is 35.7 Å². The van der Waals surface area contributed by atoms with Crippen LogP contribution in [0.4, 0.5) is 24.5 Å². The lowest BCUT2D eigenvalue weighted by Gasteiger charge is -2.09. The highest BCUT2D eigenvalue weighted by molar-refractivity contribution is 5.61. The third-order valence-electron chi connectivity index (χ3n) is 2.65. The van der Waals surface area contributed by atoms with Crippen molar-refractivity contribution in [3.05, 3.63) is 58.9 Å². The molecule has 0 aliphatic heterocycles. The molecule has 1 N–H and O–H groups in total. The molecule has 0 fully saturated rings. The quantitative estimate of drug-likeness (QED) is 0.887. The Morgan fingerprint density at radius 3 is 2.42 bits per heavy atom. The molecule has 2 nitrogen and oxygen atoms in total. The van der Waals surface area contributed by atoms with Gasteiger partial charge in [-0.25, -0.2) is 13.2 Å². The standard InChI is InChI=1S/C14H9F3N2/c1-8-2-4-10(6-11(8)15)19-12-5-3-9(7-18)13(16)14(12)17/h2-6,19H,1H3. The molecule has 5 heteroatoms. The van der Waals surface area contributed by atoms with Gasteiger partial charge in [-0.2, -0.15) is 5.26 Å². The summed E-state index contributed by atoms with van der Waals surface area (Å²) in [4.78, 5) is 0. The molecular formula is C14H9F3N2. The van der Waals surface area contributed by atoms with E-state index in [9.17, 15) is 13.2 Å². The number of nitrogens with zero attached hydrogens (tertiary/aromatic N) is 1. The van der Waals surface area contributed by atoms with Crippen molar-refractivity contribution in [2.24, 2.45) is 0 Å². The molecule has 0 heterocycles. The molecule has 0 amide bonds. The molecule has 2 aromatic rings. The molecule has 0 saturated heterocycles. The fourth-order valence-electron chi connectivity index (χ4n) is 1.56. The third kappa shape index (κ3) is 2.52. The number of rotatable bonds is 2. The number of nitrogens with one attached hydrogen (secondary N) is 1. The van der Waals surface area contributed by atoms with Gasteiger partial charge in [0, 0.05) is 5.69 Å². The zero-order valence-electron chi connectivity index (χ0n) is 9.97. The minimum absolute atomic E-state index is 0.153. The van der Waals surface area contributed by atoms with Crippen molar-refractivity contribution in [3.8, 4) is 6.07 Å². The van der Waals surface area contributed by atoms with Crippen molar-refractivity contribution in [1.82, 2.24) is 0 Å². The van der Waals surface area contributed by atoms with E-state index in [0.29, 0.717) is 11.3 Å². The van der Waals surface area contributed by atoms with Gasteiger partial charge in [-0.05, 0) is 36.8 Å². The second-order valence-corrected chi connectivity index (χ2v) is 3.99. The molecule has 0 bridgehead atoms. The van der Waals surface area contributed by atoms with E-state index in [1.165, 1.54) is 18.2 Å². The molecule has 0 aliphatic carbocycles. The van der Waals surface area contributed by atoms with Crippen LogP contribution in [0.3, 0.4) is 0 Å². The summed E-state index contributed by atoms with van der Waals surface area (Å²) in [5, 5.41) is 11.1. The summed E-state index contributed by atoms with van der Waals surface area (Å²) >= 11 is 0. The minimum Gasteiger partial charge on any atom is -0.353 e. The predicted molar refractivity (Wildman–Crippen MR) is 65.5 cm³/mol. The first-order chi connectivity index (χ1) is 9.02. The third-order valence-corrected chi connectivity index (χ3v) is 2.65. The van der Waals surface area contributed by atoms with E-state index in [2.05, 4.69) is 5.32 Å². The number of nitriles is 1. The van der Waals surface area contributed by atoms with Crippen LogP contribution in [-0.4, -0.2) is 0 Å². The second kappa shape index (κ2) is 5.02. The Balaban J connectivity index is 2.36. The van der Waals surface area contributed by atoms with Gasteiger partial charge in [0.25, 0.3) is 0 Å². The number of hydrogen-bond acceptors (Lipinski definition) is 2. The minimum atomic E-state index is -1.22. The van der Waals surface area contributed by atoms with Crippen LogP contribution in [0.25, 0.3) is 0 Å². The zero-order chi connectivity index (χ0) is 14.0. The summed E-state index contributed by atoms with van der Waals surface area (Å²) < 4.78 is 40.4. The maximum atomic E-state index is 13.6. The topological polar surface area (TPSA) is 35.8 Å². The fourth-order valence-corrected chi connectivity index (χ4v) is 1.56. The highest BCUT2D eigenvalue weighted by atomic mass is 19.2. The van der Waals surface area contributed by atoms with Crippen molar-refractivity contribution in [1.29, 1.82) is 5.26 Å². The first-order valence-corrected chi connectivity index (χ1v) is 5.44. The van der Waals surface area contributed by atoms with E-state index in [4.69, 9.17) is 5.26 Å². The summed E-state index contributed by atoms with van der Waals surface area (Å²) in [5.74, 6) is -2.83. The monoisotopic (exact) mass is 262 g/mol. The van der Waals surface area contributed by atoms with Gasteiger partial charge >= 0.3 is 0 Å². The average molecular weight is 262 g/mol. The molecule has 0 radical (unpaired) electrons. The Morgan fingerprint density at radius 2 is 1.79 bits per heavy atom. The van der Waals surface area contributed by atoms with Gasteiger partial charge in [-0.15, -0.1) is 0 Å². The molecule has 0 aliphatic rings. The second-order valence-electron chi connectivity index (χ2n) is 3.99. The summed E-state index contributed by atoms with van der Waals surface area (Å²) in [6.07, 6.45) is 0. The molecule has 0 unspecified atom stereocenters. The highest BCUT2D eigenvalue weighted by Crippen LogP contribution is 2.24. The van der Waals surface area contributed by atoms with Crippen LogP contribution < -0.4 is 5.32 Å². The first-order valence-electron chi connectivity index (χ1n) is 5.44. The lowest BCUT2D eigenvalue weighted by molar-refractivity contribution is 0.509. The van der Waals surface area contributed by atoms with Crippen molar-refractivity contribution in [3.63, 3.8) is 0 Å². The van der Waals surface area contributed by atoms with Crippen LogP contribution in [0.1, 0.15) is 11.1 Å². The molecule has 2 aromatic carbocycles. The molecule has 2 rings (SSSR count). The lowest BCUT2D eigenvalue weighted by atomic mass is 10.1. The lowest BCUT2D eigenvalue weighted by Crippen LogP contribution is -1.99. The Kier molecular flexibility index (Phi) is 3.43. The molecule has 96 valence electrons. The number of hydrogen-bond donors (Lipinski definition) is 1. The van der Waals surface area contributed by atoms with Crippen molar-refractivity contribution < 1.29 is 13.2 Å².